The lowest BCUT2D eigenvalue weighted by Crippen LogP contribution is -2.63. The molecule has 0 saturated carbocycles. The molecule has 16 heavy (non-hydrogen) atoms. The zero-order valence-corrected chi connectivity index (χ0v) is 12.6. The van der Waals surface area contributed by atoms with Gasteiger partial charge in [-0.1, -0.05) is 41.5 Å². The van der Waals surface area contributed by atoms with Gasteiger partial charge in [0.1, 0.15) is 0 Å². The Morgan fingerprint density at radius 2 is 1.44 bits per heavy atom. The summed E-state index contributed by atoms with van der Waals surface area (Å²) in [5.74, 6) is 0. The molecule has 0 bridgehead atoms. The standard InChI is InChI=1S/C14H32N2/c1-9-14(10-2,16(7)8)12(15-11-3)13(4,5)6/h12,15H,9-11H2,1-8H3. The minimum atomic E-state index is 0.258. The quantitative estimate of drug-likeness (QED) is 0.751. The van der Waals surface area contributed by atoms with Crippen LogP contribution in [0.1, 0.15) is 54.4 Å². The van der Waals surface area contributed by atoms with E-state index in [0.29, 0.717) is 6.04 Å². The lowest BCUT2D eigenvalue weighted by atomic mass is 9.70. The van der Waals surface area contributed by atoms with Gasteiger partial charge in [0.2, 0.25) is 0 Å². The van der Waals surface area contributed by atoms with Gasteiger partial charge in [0.25, 0.3) is 0 Å². The summed E-state index contributed by atoms with van der Waals surface area (Å²) in [6.45, 7) is 14.9. The van der Waals surface area contributed by atoms with Crippen molar-refractivity contribution in [2.75, 3.05) is 20.6 Å². The molecule has 0 aliphatic carbocycles. The van der Waals surface area contributed by atoms with E-state index in [1.54, 1.807) is 0 Å². The SMILES string of the molecule is CCNC(C(C)(C)C)C(CC)(CC)N(C)C. The molecule has 0 heterocycles. The fraction of sp³-hybridized carbons (Fsp3) is 1.00. The summed E-state index contributed by atoms with van der Waals surface area (Å²) in [6, 6.07) is 0.523. The van der Waals surface area contributed by atoms with Crippen LogP contribution in [0.15, 0.2) is 0 Å². The van der Waals surface area contributed by atoms with Crippen LogP contribution in [-0.2, 0) is 0 Å². The Morgan fingerprint density at radius 1 is 1.00 bits per heavy atom. The van der Waals surface area contributed by atoms with E-state index in [9.17, 15) is 0 Å². The Morgan fingerprint density at radius 3 is 1.62 bits per heavy atom. The smallest absolute Gasteiger partial charge is 0.0356 e. The predicted molar refractivity (Wildman–Crippen MR) is 73.9 cm³/mol. The minimum Gasteiger partial charge on any atom is -0.312 e. The number of hydrogen-bond donors (Lipinski definition) is 1. The first kappa shape index (κ1) is 15.9. The largest absolute Gasteiger partial charge is 0.312 e. The molecule has 0 aliphatic heterocycles. The second kappa shape index (κ2) is 6.02. The molecule has 2 nitrogen and oxygen atoms in total. The van der Waals surface area contributed by atoms with Gasteiger partial charge in [-0.05, 0) is 38.9 Å². The number of likely N-dealkylation sites (N-methyl/N-ethyl adjacent to an activating group) is 2. The lowest BCUT2D eigenvalue weighted by Gasteiger charge is -2.51. The lowest BCUT2D eigenvalue weighted by molar-refractivity contribution is 0.0362. The van der Waals surface area contributed by atoms with Gasteiger partial charge >= 0.3 is 0 Å². The maximum atomic E-state index is 3.70. The van der Waals surface area contributed by atoms with Crippen molar-refractivity contribution in [2.24, 2.45) is 5.41 Å². The molecule has 0 aromatic rings. The highest BCUT2D eigenvalue weighted by molar-refractivity contribution is 5.02. The molecule has 98 valence electrons. The first-order chi connectivity index (χ1) is 7.26. The monoisotopic (exact) mass is 228 g/mol. The molecular weight excluding hydrogens is 196 g/mol. The van der Waals surface area contributed by atoms with Crippen LogP contribution in [-0.4, -0.2) is 37.1 Å². The van der Waals surface area contributed by atoms with Crippen molar-refractivity contribution in [1.29, 1.82) is 0 Å². The van der Waals surface area contributed by atoms with Crippen LogP contribution in [0, 0.1) is 5.41 Å². The molecule has 0 radical (unpaired) electrons. The van der Waals surface area contributed by atoms with E-state index < -0.39 is 0 Å². The van der Waals surface area contributed by atoms with Crippen molar-refractivity contribution < 1.29 is 0 Å². The molecule has 0 amide bonds. The number of nitrogens with one attached hydrogen (secondary N) is 1. The molecular formula is C14H32N2. The van der Waals surface area contributed by atoms with Crippen molar-refractivity contribution in [3.63, 3.8) is 0 Å². The summed E-state index contributed by atoms with van der Waals surface area (Å²) in [5.41, 5.74) is 0.542. The Balaban J connectivity index is 5.25. The summed E-state index contributed by atoms with van der Waals surface area (Å²) < 4.78 is 0. The Labute approximate surface area is 103 Å². The molecule has 0 aromatic heterocycles. The van der Waals surface area contributed by atoms with Gasteiger partial charge in [0, 0.05) is 11.6 Å². The van der Waals surface area contributed by atoms with Crippen LogP contribution in [0.2, 0.25) is 0 Å². The maximum Gasteiger partial charge on any atom is 0.0356 e. The summed E-state index contributed by atoms with van der Waals surface area (Å²) in [6.07, 6.45) is 2.37. The summed E-state index contributed by atoms with van der Waals surface area (Å²) in [4.78, 5) is 2.41. The molecule has 2 heteroatoms. The highest BCUT2D eigenvalue weighted by Gasteiger charge is 2.43. The fourth-order valence-corrected chi connectivity index (χ4v) is 3.06. The van der Waals surface area contributed by atoms with Crippen LogP contribution < -0.4 is 5.32 Å². The predicted octanol–water partition coefficient (Wildman–Crippen LogP) is 3.13. The summed E-state index contributed by atoms with van der Waals surface area (Å²) >= 11 is 0. The van der Waals surface area contributed by atoms with Gasteiger partial charge < -0.3 is 10.2 Å². The normalized spacial score (nSPS) is 15.6. The topological polar surface area (TPSA) is 15.3 Å². The Kier molecular flexibility index (Phi) is 5.99. The van der Waals surface area contributed by atoms with E-state index in [2.05, 4.69) is 65.9 Å². The minimum absolute atomic E-state index is 0.258. The second-order valence-electron chi connectivity index (χ2n) is 6.06. The zero-order chi connectivity index (χ0) is 13.0. The van der Waals surface area contributed by atoms with E-state index in [1.807, 2.05) is 0 Å². The van der Waals surface area contributed by atoms with E-state index in [4.69, 9.17) is 0 Å². The molecule has 1 unspecified atom stereocenters. The van der Waals surface area contributed by atoms with Crippen LogP contribution in [0.3, 0.4) is 0 Å². The average molecular weight is 228 g/mol. The van der Waals surface area contributed by atoms with Crippen LogP contribution in [0.25, 0.3) is 0 Å². The van der Waals surface area contributed by atoms with Crippen molar-refractivity contribution in [3.05, 3.63) is 0 Å². The van der Waals surface area contributed by atoms with Gasteiger partial charge in [0.05, 0.1) is 0 Å². The highest BCUT2D eigenvalue weighted by atomic mass is 15.2. The maximum absolute atomic E-state index is 3.70. The van der Waals surface area contributed by atoms with Crippen molar-refractivity contribution in [2.45, 2.75) is 66.0 Å². The first-order valence-corrected chi connectivity index (χ1v) is 6.67. The molecule has 1 atom stereocenters. The summed E-state index contributed by atoms with van der Waals surface area (Å²) in [5, 5.41) is 3.70. The van der Waals surface area contributed by atoms with Gasteiger partial charge in [-0.25, -0.2) is 0 Å². The molecule has 0 spiro atoms. The molecule has 0 fully saturated rings. The molecule has 1 N–H and O–H groups in total. The van der Waals surface area contributed by atoms with Crippen LogP contribution >= 0.6 is 0 Å². The van der Waals surface area contributed by atoms with E-state index in [1.165, 1.54) is 12.8 Å². The number of hydrogen-bond acceptors (Lipinski definition) is 2. The van der Waals surface area contributed by atoms with Crippen LogP contribution in [0.5, 0.6) is 0 Å². The molecule has 0 aliphatic rings. The number of nitrogens with zero attached hydrogens (tertiary/aromatic N) is 1. The highest BCUT2D eigenvalue weighted by Crippen LogP contribution is 2.35. The molecule has 0 rings (SSSR count). The van der Waals surface area contributed by atoms with E-state index >= 15 is 0 Å². The number of rotatable bonds is 6. The average Bonchev–Trinajstić information content (AvgIpc) is 2.17. The van der Waals surface area contributed by atoms with Crippen LogP contribution in [0.4, 0.5) is 0 Å². The Bertz CT molecular complexity index is 187. The third-order valence-electron chi connectivity index (χ3n) is 3.93. The van der Waals surface area contributed by atoms with Gasteiger partial charge in [-0.2, -0.15) is 0 Å². The van der Waals surface area contributed by atoms with Crippen molar-refractivity contribution in [1.82, 2.24) is 10.2 Å². The first-order valence-electron chi connectivity index (χ1n) is 6.67. The summed E-state index contributed by atoms with van der Waals surface area (Å²) in [7, 11) is 4.42. The van der Waals surface area contributed by atoms with E-state index in [-0.39, 0.29) is 11.0 Å². The third kappa shape index (κ3) is 3.21. The van der Waals surface area contributed by atoms with Gasteiger partial charge in [-0.15, -0.1) is 0 Å². The van der Waals surface area contributed by atoms with E-state index in [0.717, 1.165) is 6.54 Å². The second-order valence-corrected chi connectivity index (χ2v) is 6.06. The zero-order valence-electron chi connectivity index (χ0n) is 12.6. The van der Waals surface area contributed by atoms with Gasteiger partial charge in [0.15, 0.2) is 0 Å². The fourth-order valence-electron chi connectivity index (χ4n) is 3.06. The van der Waals surface area contributed by atoms with Crippen molar-refractivity contribution in [3.8, 4) is 0 Å². The molecule has 0 aromatic carbocycles. The molecule has 0 saturated heterocycles. The third-order valence-corrected chi connectivity index (χ3v) is 3.93. The van der Waals surface area contributed by atoms with Gasteiger partial charge in [-0.3, -0.25) is 0 Å². The Hall–Kier alpha value is -0.0800. The van der Waals surface area contributed by atoms with Crippen molar-refractivity contribution >= 4 is 0 Å².